The van der Waals surface area contributed by atoms with E-state index < -0.39 is 0 Å². The van der Waals surface area contributed by atoms with Gasteiger partial charge in [0.2, 0.25) is 0 Å². The lowest BCUT2D eigenvalue weighted by atomic mass is 9.82. The Morgan fingerprint density at radius 1 is 1.42 bits per heavy atom. The highest BCUT2D eigenvalue weighted by Gasteiger charge is 2.35. The number of methoxy groups -OCH3 is 2. The summed E-state index contributed by atoms with van der Waals surface area (Å²) in [6, 6.07) is 5.65. The molecule has 2 atom stereocenters. The molecule has 5 heteroatoms. The number of hydrogen-bond acceptors (Lipinski definition) is 5. The number of esters is 1. The van der Waals surface area contributed by atoms with Crippen LogP contribution in [0.2, 0.25) is 0 Å². The monoisotopic (exact) mass is 282 g/mol. The van der Waals surface area contributed by atoms with Crippen molar-refractivity contribution in [2.75, 3.05) is 27.4 Å². The van der Waals surface area contributed by atoms with E-state index in [4.69, 9.17) is 14.2 Å². The first kappa shape index (κ1) is 14.2. The highest BCUT2D eigenvalue weighted by Crippen LogP contribution is 2.38. The van der Waals surface area contributed by atoms with Crippen molar-refractivity contribution in [3.63, 3.8) is 0 Å². The van der Waals surface area contributed by atoms with Crippen LogP contribution in [0.15, 0.2) is 23.1 Å². The van der Waals surface area contributed by atoms with Crippen molar-refractivity contribution in [1.82, 2.24) is 0 Å². The molecule has 1 heterocycles. The van der Waals surface area contributed by atoms with Gasteiger partial charge in [0.25, 0.3) is 0 Å². The lowest BCUT2D eigenvalue weighted by Crippen LogP contribution is -2.32. The number of thiol groups is 1. The molecular formula is C14H18O4S. The summed E-state index contributed by atoms with van der Waals surface area (Å²) < 4.78 is 15.8. The molecule has 1 aromatic carbocycles. The molecule has 19 heavy (non-hydrogen) atoms. The van der Waals surface area contributed by atoms with Crippen LogP contribution in [0.4, 0.5) is 0 Å². The summed E-state index contributed by atoms with van der Waals surface area (Å²) in [6.07, 6.45) is 0.664. The molecule has 0 saturated carbocycles. The first-order valence-electron chi connectivity index (χ1n) is 6.20. The largest absolute Gasteiger partial charge is 0.496 e. The third-order valence-corrected chi connectivity index (χ3v) is 3.75. The van der Waals surface area contributed by atoms with Crippen LogP contribution in [-0.2, 0) is 14.3 Å². The molecule has 0 spiro atoms. The molecule has 0 aromatic heterocycles. The third kappa shape index (κ3) is 3.04. The Kier molecular flexibility index (Phi) is 4.71. The van der Waals surface area contributed by atoms with E-state index in [2.05, 4.69) is 12.6 Å². The van der Waals surface area contributed by atoms with Crippen molar-refractivity contribution >= 4 is 18.6 Å². The molecule has 0 radical (unpaired) electrons. The minimum absolute atomic E-state index is 0.0525. The number of ether oxygens (including phenoxy) is 3. The van der Waals surface area contributed by atoms with Gasteiger partial charge in [-0.15, -0.1) is 12.6 Å². The van der Waals surface area contributed by atoms with E-state index in [1.807, 2.05) is 18.2 Å². The second-order valence-electron chi connectivity index (χ2n) is 4.53. The van der Waals surface area contributed by atoms with Crippen LogP contribution in [0, 0.1) is 5.92 Å². The van der Waals surface area contributed by atoms with Gasteiger partial charge in [0.1, 0.15) is 5.75 Å². The summed E-state index contributed by atoms with van der Waals surface area (Å²) >= 11 is 4.35. The van der Waals surface area contributed by atoms with Crippen LogP contribution in [-0.4, -0.2) is 33.4 Å². The van der Waals surface area contributed by atoms with E-state index in [1.165, 1.54) is 7.11 Å². The second-order valence-corrected chi connectivity index (χ2v) is 5.04. The molecule has 1 fully saturated rings. The zero-order valence-corrected chi connectivity index (χ0v) is 12.0. The van der Waals surface area contributed by atoms with Crippen LogP contribution < -0.4 is 4.74 Å². The van der Waals surface area contributed by atoms with Crippen molar-refractivity contribution in [2.24, 2.45) is 5.92 Å². The van der Waals surface area contributed by atoms with Crippen molar-refractivity contribution < 1.29 is 19.0 Å². The Hall–Kier alpha value is -1.20. The van der Waals surface area contributed by atoms with E-state index in [0.29, 0.717) is 19.6 Å². The smallest absolute Gasteiger partial charge is 0.309 e. The van der Waals surface area contributed by atoms with Gasteiger partial charge >= 0.3 is 5.97 Å². The Morgan fingerprint density at radius 2 is 2.21 bits per heavy atom. The summed E-state index contributed by atoms with van der Waals surface area (Å²) in [5.74, 6) is 0.313. The zero-order chi connectivity index (χ0) is 13.8. The molecule has 1 aromatic rings. The van der Waals surface area contributed by atoms with Gasteiger partial charge in [-0.25, -0.2) is 0 Å². The van der Waals surface area contributed by atoms with Gasteiger partial charge in [-0.2, -0.15) is 0 Å². The first-order chi connectivity index (χ1) is 9.17. The van der Waals surface area contributed by atoms with Gasteiger partial charge in [-0.3, -0.25) is 4.79 Å². The molecule has 2 unspecified atom stereocenters. The fraction of sp³-hybridized carbons (Fsp3) is 0.500. The highest BCUT2D eigenvalue weighted by atomic mass is 32.1. The number of carbonyl (C=O) groups is 1. The third-order valence-electron chi connectivity index (χ3n) is 3.47. The number of benzene rings is 1. The number of rotatable bonds is 3. The predicted molar refractivity (Wildman–Crippen MR) is 73.9 cm³/mol. The van der Waals surface area contributed by atoms with Gasteiger partial charge < -0.3 is 14.2 Å². The fourth-order valence-corrected chi connectivity index (χ4v) is 2.70. The second kappa shape index (κ2) is 6.30. The van der Waals surface area contributed by atoms with E-state index in [-0.39, 0.29) is 17.8 Å². The van der Waals surface area contributed by atoms with Gasteiger partial charge in [0.05, 0.1) is 26.7 Å². The molecule has 0 N–H and O–H groups in total. The predicted octanol–water partition coefficient (Wildman–Crippen LogP) is 2.28. The van der Waals surface area contributed by atoms with E-state index >= 15 is 0 Å². The lowest BCUT2D eigenvalue weighted by Gasteiger charge is -2.30. The van der Waals surface area contributed by atoms with Crippen molar-refractivity contribution in [3.05, 3.63) is 23.8 Å². The molecule has 0 amide bonds. The molecule has 4 nitrogen and oxygen atoms in total. The maximum absolute atomic E-state index is 11.9. The van der Waals surface area contributed by atoms with Crippen molar-refractivity contribution in [2.45, 2.75) is 17.2 Å². The highest BCUT2D eigenvalue weighted by molar-refractivity contribution is 7.80. The zero-order valence-electron chi connectivity index (χ0n) is 11.1. The molecule has 0 aliphatic carbocycles. The molecule has 1 aliphatic rings. The van der Waals surface area contributed by atoms with Crippen LogP contribution in [0.3, 0.4) is 0 Å². The van der Waals surface area contributed by atoms with Gasteiger partial charge in [-0.05, 0) is 24.6 Å². The molecule has 2 rings (SSSR count). The van der Waals surface area contributed by atoms with Crippen LogP contribution in [0.25, 0.3) is 0 Å². The van der Waals surface area contributed by atoms with Crippen LogP contribution in [0.1, 0.15) is 17.9 Å². The maximum atomic E-state index is 11.9. The molecule has 1 aliphatic heterocycles. The summed E-state index contributed by atoms with van der Waals surface area (Å²) in [6.45, 7) is 1.08. The first-order valence-corrected chi connectivity index (χ1v) is 6.64. The van der Waals surface area contributed by atoms with E-state index in [1.54, 1.807) is 7.11 Å². The topological polar surface area (TPSA) is 44.8 Å². The summed E-state index contributed by atoms with van der Waals surface area (Å²) in [7, 11) is 3.04. The molecule has 104 valence electrons. The minimum atomic E-state index is -0.195. The number of carbonyl (C=O) groups excluding carboxylic acids is 1. The fourth-order valence-electron chi connectivity index (χ4n) is 2.49. The van der Waals surface area contributed by atoms with Crippen LogP contribution >= 0.6 is 12.6 Å². The minimum Gasteiger partial charge on any atom is -0.496 e. The standard InChI is InChI=1S/C14H18O4S/c1-16-13-4-3-9(19)7-11(13)12-8-18-6-5-10(12)14(15)17-2/h3-4,7,10,12,19H,5-6,8H2,1-2H3. The quantitative estimate of drug-likeness (QED) is 0.682. The summed E-state index contributed by atoms with van der Waals surface area (Å²) in [5, 5.41) is 0. The lowest BCUT2D eigenvalue weighted by molar-refractivity contribution is -0.149. The average Bonchev–Trinajstić information content (AvgIpc) is 2.46. The molecular weight excluding hydrogens is 264 g/mol. The Balaban J connectivity index is 2.36. The van der Waals surface area contributed by atoms with Gasteiger partial charge in [0, 0.05) is 23.0 Å². The Bertz CT molecular complexity index is 461. The normalized spacial score (nSPS) is 22.9. The summed E-state index contributed by atoms with van der Waals surface area (Å²) in [5.41, 5.74) is 0.949. The van der Waals surface area contributed by atoms with Crippen LogP contribution in [0.5, 0.6) is 5.75 Å². The van der Waals surface area contributed by atoms with Gasteiger partial charge in [0.15, 0.2) is 0 Å². The van der Waals surface area contributed by atoms with E-state index in [9.17, 15) is 4.79 Å². The molecule has 0 bridgehead atoms. The average molecular weight is 282 g/mol. The summed E-state index contributed by atoms with van der Waals surface area (Å²) in [4.78, 5) is 12.7. The van der Waals surface area contributed by atoms with Crippen molar-refractivity contribution in [1.29, 1.82) is 0 Å². The Labute approximate surface area is 118 Å². The van der Waals surface area contributed by atoms with E-state index in [0.717, 1.165) is 16.2 Å². The Morgan fingerprint density at radius 3 is 2.89 bits per heavy atom. The maximum Gasteiger partial charge on any atom is 0.309 e. The SMILES string of the molecule is COC(=O)C1CCOCC1c1cc(S)ccc1OC. The van der Waals surface area contributed by atoms with Gasteiger partial charge in [-0.1, -0.05) is 0 Å². The number of hydrogen-bond donors (Lipinski definition) is 1. The molecule has 1 saturated heterocycles. The van der Waals surface area contributed by atoms with Crippen molar-refractivity contribution in [3.8, 4) is 5.75 Å².